The predicted octanol–water partition coefficient (Wildman–Crippen LogP) is 2.19. The van der Waals surface area contributed by atoms with Crippen LogP contribution in [0, 0.1) is 6.92 Å². The molecule has 2 unspecified atom stereocenters. The zero-order valence-corrected chi connectivity index (χ0v) is 12.1. The van der Waals surface area contributed by atoms with Crippen LogP contribution >= 0.6 is 0 Å². The Bertz CT molecular complexity index is 443. The van der Waals surface area contributed by atoms with Gasteiger partial charge in [-0.2, -0.15) is 0 Å². The van der Waals surface area contributed by atoms with Gasteiger partial charge in [0.1, 0.15) is 11.5 Å². The molecule has 0 bridgehead atoms. The van der Waals surface area contributed by atoms with Crippen LogP contribution < -0.4 is 14.8 Å². The van der Waals surface area contributed by atoms with Crippen molar-refractivity contribution in [2.75, 3.05) is 14.2 Å². The summed E-state index contributed by atoms with van der Waals surface area (Å²) in [5, 5.41) is 13.9. The first kappa shape index (κ1) is 14.2. The van der Waals surface area contributed by atoms with Crippen molar-refractivity contribution in [3.05, 3.63) is 23.3 Å². The number of benzene rings is 1. The Kier molecular flexibility index (Phi) is 4.32. The number of ether oxygens (including phenoxy) is 2. The second-order valence-electron chi connectivity index (χ2n) is 5.19. The first-order valence-corrected chi connectivity index (χ1v) is 6.74. The van der Waals surface area contributed by atoms with E-state index < -0.39 is 6.10 Å². The molecule has 4 heteroatoms. The van der Waals surface area contributed by atoms with Crippen molar-refractivity contribution in [3.63, 3.8) is 0 Å². The van der Waals surface area contributed by atoms with E-state index in [0.29, 0.717) is 11.8 Å². The van der Waals surface area contributed by atoms with Crippen molar-refractivity contribution in [2.24, 2.45) is 0 Å². The Morgan fingerprint density at radius 3 is 2.47 bits per heavy atom. The van der Waals surface area contributed by atoms with E-state index >= 15 is 0 Å². The van der Waals surface area contributed by atoms with Crippen LogP contribution in [0.1, 0.15) is 37.0 Å². The number of hydrogen-bond donors (Lipinski definition) is 2. The fourth-order valence-corrected chi connectivity index (χ4v) is 2.40. The molecule has 2 atom stereocenters. The lowest BCUT2D eigenvalue weighted by Gasteiger charge is -2.24. The molecule has 0 spiro atoms. The third kappa shape index (κ3) is 3.01. The number of nitrogens with one attached hydrogen (secondary N) is 1. The normalized spacial score (nSPS) is 17.9. The number of aliphatic hydroxyl groups excluding tert-OH is 1. The highest BCUT2D eigenvalue weighted by Gasteiger charge is 2.28. The molecule has 1 aromatic rings. The smallest absolute Gasteiger partial charge is 0.131 e. The Morgan fingerprint density at radius 1 is 1.26 bits per heavy atom. The molecule has 2 rings (SSSR count). The van der Waals surface area contributed by atoms with Gasteiger partial charge < -0.3 is 19.9 Å². The quantitative estimate of drug-likeness (QED) is 0.828. The maximum Gasteiger partial charge on any atom is 0.131 e. The molecular formula is C15H23NO3. The molecule has 1 fully saturated rings. The minimum atomic E-state index is -0.583. The molecule has 0 radical (unpaired) electrons. The van der Waals surface area contributed by atoms with Crippen LogP contribution in [0.5, 0.6) is 11.5 Å². The van der Waals surface area contributed by atoms with Gasteiger partial charge in [-0.05, 0) is 38.8 Å². The number of aliphatic hydroxyl groups is 1. The molecule has 0 saturated heterocycles. The van der Waals surface area contributed by atoms with Crippen LogP contribution in [-0.2, 0) is 0 Å². The molecule has 1 aliphatic rings. The SMILES string of the molecule is COc1ccc(C(O)C(C)NC2CC2)c(OC)c1C. The Hall–Kier alpha value is -1.26. The van der Waals surface area contributed by atoms with E-state index in [1.807, 2.05) is 26.0 Å². The van der Waals surface area contributed by atoms with Gasteiger partial charge in [-0.15, -0.1) is 0 Å². The monoisotopic (exact) mass is 265 g/mol. The van der Waals surface area contributed by atoms with Crippen molar-refractivity contribution in [2.45, 2.75) is 44.9 Å². The number of methoxy groups -OCH3 is 2. The molecule has 2 N–H and O–H groups in total. The average Bonchev–Trinajstić information content (AvgIpc) is 3.21. The Morgan fingerprint density at radius 2 is 1.95 bits per heavy atom. The van der Waals surface area contributed by atoms with Gasteiger partial charge in [0.25, 0.3) is 0 Å². The summed E-state index contributed by atoms with van der Waals surface area (Å²) in [5.74, 6) is 1.48. The van der Waals surface area contributed by atoms with Crippen molar-refractivity contribution < 1.29 is 14.6 Å². The topological polar surface area (TPSA) is 50.7 Å². The van der Waals surface area contributed by atoms with Crippen molar-refractivity contribution in [3.8, 4) is 11.5 Å². The molecule has 0 heterocycles. The van der Waals surface area contributed by atoms with Gasteiger partial charge in [-0.25, -0.2) is 0 Å². The minimum absolute atomic E-state index is 0.00851. The lowest BCUT2D eigenvalue weighted by molar-refractivity contribution is 0.131. The van der Waals surface area contributed by atoms with E-state index in [2.05, 4.69) is 5.32 Å². The predicted molar refractivity (Wildman–Crippen MR) is 74.9 cm³/mol. The van der Waals surface area contributed by atoms with Gasteiger partial charge in [-0.1, -0.05) is 0 Å². The summed E-state index contributed by atoms with van der Waals surface area (Å²) in [6, 6.07) is 4.32. The van der Waals surface area contributed by atoms with Crippen molar-refractivity contribution in [1.29, 1.82) is 0 Å². The fraction of sp³-hybridized carbons (Fsp3) is 0.600. The Balaban J connectivity index is 2.24. The molecule has 0 amide bonds. The van der Waals surface area contributed by atoms with Crippen LogP contribution in [0.2, 0.25) is 0 Å². The second-order valence-corrected chi connectivity index (χ2v) is 5.19. The van der Waals surface area contributed by atoms with Crippen molar-refractivity contribution in [1.82, 2.24) is 5.32 Å². The molecule has 1 aromatic carbocycles. The van der Waals surface area contributed by atoms with E-state index in [-0.39, 0.29) is 6.04 Å². The summed E-state index contributed by atoms with van der Waals surface area (Å²) in [6.07, 6.45) is 1.83. The summed E-state index contributed by atoms with van der Waals surface area (Å²) in [7, 11) is 3.26. The number of hydrogen-bond acceptors (Lipinski definition) is 4. The van der Waals surface area contributed by atoms with E-state index in [0.717, 1.165) is 16.9 Å². The maximum atomic E-state index is 10.5. The average molecular weight is 265 g/mol. The third-order valence-corrected chi connectivity index (χ3v) is 3.68. The maximum absolute atomic E-state index is 10.5. The summed E-state index contributed by atoms with van der Waals surface area (Å²) in [4.78, 5) is 0. The molecule has 0 aliphatic heterocycles. The van der Waals surface area contributed by atoms with Crippen LogP contribution in [0.3, 0.4) is 0 Å². The van der Waals surface area contributed by atoms with Gasteiger partial charge in [-0.3, -0.25) is 0 Å². The van der Waals surface area contributed by atoms with Gasteiger partial charge >= 0.3 is 0 Å². The first-order chi connectivity index (χ1) is 9.08. The number of rotatable bonds is 6. The van der Waals surface area contributed by atoms with E-state index in [1.54, 1.807) is 14.2 Å². The second kappa shape index (κ2) is 5.80. The van der Waals surface area contributed by atoms with Crippen LogP contribution in [-0.4, -0.2) is 31.4 Å². The minimum Gasteiger partial charge on any atom is -0.496 e. The van der Waals surface area contributed by atoms with Gasteiger partial charge in [0.2, 0.25) is 0 Å². The standard InChI is InChI=1S/C15H23NO3/c1-9-13(18-3)8-7-12(15(9)19-4)14(17)10(2)16-11-5-6-11/h7-8,10-11,14,16-17H,5-6H2,1-4H3. The largest absolute Gasteiger partial charge is 0.496 e. The summed E-state index contributed by atoms with van der Waals surface area (Å²) < 4.78 is 10.7. The highest BCUT2D eigenvalue weighted by Crippen LogP contribution is 2.36. The molecule has 106 valence electrons. The van der Waals surface area contributed by atoms with Crippen LogP contribution in [0.15, 0.2) is 12.1 Å². The van der Waals surface area contributed by atoms with E-state index in [1.165, 1.54) is 12.8 Å². The zero-order chi connectivity index (χ0) is 14.0. The van der Waals surface area contributed by atoms with Crippen molar-refractivity contribution >= 4 is 0 Å². The summed E-state index contributed by atoms with van der Waals surface area (Å²) in [6.45, 7) is 3.94. The first-order valence-electron chi connectivity index (χ1n) is 6.74. The highest BCUT2D eigenvalue weighted by atomic mass is 16.5. The molecule has 0 aromatic heterocycles. The molecular weight excluding hydrogens is 242 g/mol. The van der Waals surface area contributed by atoms with Gasteiger partial charge in [0.15, 0.2) is 0 Å². The summed E-state index contributed by atoms with van der Waals surface area (Å²) in [5.41, 5.74) is 1.72. The van der Waals surface area contributed by atoms with Crippen LogP contribution in [0.25, 0.3) is 0 Å². The van der Waals surface area contributed by atoms with Gasteiger partial charge in [0.05, 0.1) is 20.3 Å². The van der Waals surface area contributed by atoms with Gasteiger partial charge in [0, 0.05) is 23.2 Å². The fourth-order valence-electron chi connectivity index (χ4n) is 2.40. The van der Waals surface area contributed by atoms with E-state index in [4.69, 9.17) is 9.47 Å². The molecule has 1 aliphatic carbocycles. The third-order valence-electron chi connectivity index (χ3n) is 3.68. The van der Waals surface area contributed by atoms with Crippen LogP contribution in [0.4, 0.5) is 0 Å². The van der Waals surface area contributed by atoms with E-state index in [9.17, 15) is 5.11 Å². The lowest BCUT2D eigenvalue weighted by Crippen LogP contribution is -2.34. The molecule has 19 heavy (non-hydrogen) atoms. The lowest BCUT2D eigenvalue weighted by atomic mass is 9.99. The summed E-state index contributed by atoms with van der Waals surface area (Å²) >= 11 is 0. The highest BCUT2D eigenvalue weighted by molar-refractivity contribution is 5.50. The Labute approximate surface area is 114 Å². The molecule has 1 saturated carbocycles. The molecule has 4 nitrogen and oxygen atoms in total. The zero-order valence-electron chi connectivity index (χ0n) is 12.1.